The Hall–Kier alpha value is -16.2. The Bertz CT molecular complexity index is 8380. The van der Waals surface area contributed by atoms with Gasteiger partial charge in [-0.2, -0.15) is 8.75 Å². The predicted molar refractivity (Wildman–Crippen MR) is 511 cm³/mol. The molecule has 0 unspecified atom stereocenters. The van der Waals surface area contributed by atoms with Crippen LogP contribution in [0.2, 0.25) is 0 Å². The van der Waals surface area contributed by atoms with Crippen molar-refractivity contribution >= 4 is 109 Å². The number of fused-ring (bicyclic) bond motifs is 19. The molecule has 0 saturated carbocycles. The lowest BCUT2D eigenvalue weighted by atomic mass is 9.81. The third-order valence-corrected chi connectivity index (χ3v) is 25.5. The molecule has 18 aromatic carbocycles. The van der Waals surface area contributed by atoms with Crippen LogP contribution in [0.3, 0.4) is 0 Å². The first kappa shape index (κ1) is 72.8. The number of benzene rings is 18. The molecule has 13 heteroatoms. The molecule has 0 N–H and O–H groups in total. The third kappa shape index (κ3) is 12.4. The molecule has 25 rings (SSSR count). The fourth-order valence-corrected chi connectivity index (χ4v) is 19.4. The summed E-state index contributed by atoms with van der Waals surface area (Å²) in [6.07, 6.45) is 0. The number of rotatable bonds is 11. The van der Waals surface area contributed by atoms with Crippen molar-refractivity contribution in [2.75, 3.05) is 6.67 Å². The second-order valence-corrected chi connectivity index (χ2v) is 33.0. The Morgan fingerprint density at radius 1 is 0.224 bits per heavy atom. The zero-order valence-corrected chi connectivity index (χ0v) is 68.6. The van der Waals surface area contributed by atoms with Crippen LogP contribution in [0.4, 0.5) is 0 Å². The molecule has 125 heavy (non-hydrogen) atoms. The van der Waals surface area contributed by atoms with Crippen LogP contribution >= 0.6 is 11.7 Å². The average molecular weight is 1620 g/mol. The Morgan fingerprint density at radius 3 is 1.15 bits per heavy atom. The Labute approximate surface area is 722 Å². The van der Waals surface area contributed by atoms with E-state index in [0.29, 0.717) is 41.6 Å². The minimum Gasteiger partial charge on any atom is -0.259 e. The summed E-state index contributed by atoms with van der Waals surface area (Å²) in [4.78, 5) is 51.5. The standard InChI is InChI=1S/C56H32N6S.C56H38N6/c1-2-14-34(15-3-1)51-48-32-45(52-53(62-63-61-52)50(48)44-24-12-13-25-49(44)57-51)33-26-28-35(29-27-33)54-58-55(46-30-36-16-4-6-18-38(36)40-20-8-10-22-42(40)46)60-56(59-54)47-31-37-17-5-7-19-39(37)41-21-9-11-23-43(41)47;1-56(2)46-19-11-9-17-41(46)42-30-29-40(31-47(42)56)34-21-25-38(26-22-34)54-60-53(37-15-7-4-8-16-37)61-55(62-54)39-27-23-35(24-28-39)44-32-45-49(52-51(44)57-33-58-52)43-18-10-12-20-48(43)59-50(45)36-13-5-3-6-14-36/h1-32H;3-32H,33H2,1-2H3. The normalized spacial score (nSPS) is 12.6. The molecule has 0 bridgehead atoms. The summed E-state index contributed by atoms with van der Waals surface area (Å²) in [5.41, 5.74) is 24.9. The van der Waals surface area contributed by atoms with Gasteiger partial charge in [0.2, 0.25) is 0 Å². The van der Waals surface area contributed by atoms with Crippen LogP contribution in [0.5, 0.6) is 0 Å². The number of nitrogens with zero attached hydrogens (tertiary/aromatic N) is 12. The van der Waals surface area contributed by atoms with Crippen LogP contribution < -0.4 is 10.7 Å². The maximum atomic E-state index is 5.35. The molecule has 0 fully saturated rings. The molecular weight excluding hydrogens is 1550 g/mol. The number of pyridine rings is 2. The van der Waals surface area contributed by atoms with Crippen LogP contribution in [-0.2, 0) is 5.41 Å². The molecule has 6 heterocycles. The number of aromatic nitrogens is 10. The van der Waals surface area contributed by atoms with E-state index in [1.807, 2.05) is 54.6 Å². The number of para-hydroxylation sites is 2. The summed E-state index contributed by atoms with van der Waals surface area (Å²) in [7, 11) is 0. The first-order valence-corrected chi connectivity index (χ1v) is 42.7. The van der Waals surface area contributed by atoms with Gasteiger partial charge in [0.1, 0.15) is 17.7 Å². The summed E-state index contributed by atoms with van der Waals surface area (Å²) < 4.78 is 9.81. The van der Waals surface area contributed by atoms with Crippen molar-refractivity contribution in [2.45, 2.75) is 19.3 Å². The lowest BCUT2D eigenvalue weighted by Crippen LogP contribution is -2.25. The Kier molecular flexibility index (Phi) is 17.2. The van der Waals surface area contributed by atoms with Crippen molar-refractivity contribution in [1.82, 2.24) is 48.6 Å². The van der Waals surface area contributed by atoms with Crippen LogP contribution in [-0.4, -0.2) is 55.3 Å². The third-order valence-electron chi connectivity index (χ3n) is 25.0. The Balaban J connectivity index is 0.000000140. The Morgan fingerprint density at radius 2 is 0.600 bits per heavy atom. The number of hydrogen-bond acceptors (Lipinski definition) is 13. The van der Waals surface area contributed by atoms with Gasteiger partial charge in [0.25, 0.3) is 0 Å². The molecule has 0 spiro atoms. The van der Waals surface area contributed by atoms with Crippen LogP contribution in [0.15, 0.2) is 386 Å². The van der Waals surface area contributed by atoms with Crippen molar-refractivity contribution in [3.05, 3.63) is 398 Å². The van der Waals surface area contributed by atoms with Crippen molar-refractivity contribution in [2.24, 2.45) is 9.98 Å². The van der Waals surface area contributed by atoms with Gasteiger partial charge >= 0.3 is 0 Å². The highest BCUT2D eigenvalue weighted by Crippen LogP contribution is 2.51. The summed E-state index contributed by atoms with van der Waals surface area (Å²) in [6.45, 7) is 5.04. The SMILES string of the molecule is CC1(C)c2ccccc2-c2ccc(-c3ccc(-c4nc(-c5ccccc5)nc(-c5ccc(-c6cc7c(-c8ccccc8)nc8ccccc8c7c7c6=NCN=7)cc5)n4)cc3)cc21.c1ccc(-c2nc3ccccc3c3c2cc(-c2ccc(-c4nc(-c5cc6ccccc6c6ccccc56)nc(-c5cc6ccccc6c6ccccc56)n4)cc2)c2nsnc23)cc1. The molecule has 12 nitrogen and oxygen atoms in total. The molecule has 1 aliphatic carbocycles. The smallest absolute Gasteiger partial charge is 0.164 e. The van der Waals surface area contributed by atoms with Crippen LogP contribution in [0, 0.1) is 0 Å². The van der Waals surface area contributed by atoms with Gasteiger partial charge < -0.3 is 0 Å². The summed E-state index contributed by atoms with van der Waals surface area (Å²) in [5, 5.41) is 17.4. The molecule has 2 aliphatic rings. The molecule has 5 aromatic heterocycles. The molecular formula is C112H70N12S. The van der Waals surface area contributed by atoms with Crippen LogP contribution in [0.25, 0.3) is 233 Å². The largest absolute Gasteiger partial charge is 0.259 e. The summed E-state index contributed by atoms with van der Waals surface area (Å²) >= 11 is 1.24. The van der Waals surface area contributed by atoms with E-state index < -0.39 is 0 Å². The van der Waals surface area contributed by atoms with E-state index in [2.05, 4.69) is 335 Å². The zero-order valence-electron chi connectivity index (χ0n) is 67.8. The molecule has 0 radical (unpaired) electrons. The van der Waals surface area contributed by atoms with E-state index in [1.54, 1.807) is 0 Å². The van der Waals surface area contributed by atoms with Gasteiger partial charge in [0.05, 0.1) is 44.9 Å². The highest BCUT2D eigenvalue weighted by molar-refractivity contribution is 7.00. The van der Waals surface area contributed by atoms with E-state index >= 15 is 0 Å². The van der Waals surface area contributed by atoms with Crippen molar-refractivity contribution in [3.63, 3.8) is 0 Å². The predicted octanol–water partition coefficient (Wildman–Crippen LogP) is 26.6. The molecule has 0 saturated heterocycles. The highest BCUT2D eigenvalue weighted by Gasteiger charge is 2.36. The topological polar surface area (TPSA) is 154 Å². The van der Waals surface area contributed by atoms with E-state index in [0.717, 1.165) is 181 Å². The van der Waals surface area contributed by atoms with Crippen molar-refractivity contribution in [3.8, 4) is 135 Å². The van der Waals surface area contributed by atoms with Gasteiger partial charge in [0.15, 0.2) is 34.9 Å². The fourth-order valence-electron chi connectivity index (χ4n) is 18.9. The molecule has 584 valence electrons. The maximum Gasteiger partial charge on any atom is 0.164 e. The van der Waals surface area contributed by atoms with Gasteiger partial charge in [-0.25, -0.2) is 39.9 Å². The van der Waals surface area contributed by atoms with E-state index in [1.165, 1.54) is 50.3 Å². The average Bonchev–Trinajstić information content (AvgIpc) is 1.69. The van der Waals surface area contributed by atoms with Gasteiger partial charge in [-0.15, -0.1) is 0 Å². The summed E-state index contributed by atoms with van der Waals surface area (Å²) in [5.74, 6) is 3.69. The first-order chi connectivity index (χ1) is 61.7. The van der Waals surface area contributed by atoms with Crippen molar-refractivity contribution in [1.29, 1.82) is 0 Å². The molecule has 0 atom stereocenters. The van der Waals surface area contributed by atoms with Gasteiger partial charge in [0, 0.05) is 93.4 Å². The van der Waals surface area contributed by atoms with Gasteiger partial charge in [-0.3, -0.25) is 9.98 Å². The zero-order chi connectivity index (χ0) is 82.8. The fraction of sp³-hybridized carbons (Fsp3) is 0.0357. The maximum absolute atomic E-state index is 5.35. The first-order valence-electron chi connectivity index (χ1n) is 42.0. The minimum atomic E-state index is -0.0610. The number of hydrogen-bond donors (Lipinski definition) is 0. The minimum absolute atomic E-state index is 0.0610. The van der Waals surface area contributed by atoms with E-state index in [9.17, 15) is 0 Å². The summed E-state index contributed by atoms with van der Waals surface area (Å²) in [6, 6.07) is 132. The second-order valence-electron chi connectivity index (χ2n) is 32.5. The van der Waals surface area contributed by atoms with Gasteiger partial charge in [-0.05, 0) is 130 Å². The van der Waals surface area contributed by atoms with E-state index in [4.69, 9.17) is 58.6 Å². The van der Waals surface area contributed by atoms with Gasteiger partial charge in [-0.1, -0.05) is 347 Å². The monoisotopic (exact) mass is 1610 g/mol. The van der Waals surface area contributed by atoms with E-state index in [-0.39, 0.29) is 5.41 Å². The van der Waals surface area contributed by atoms with Crippen LogP contribution in [0.1, 0.15) is 25.0 Å². The molecule has 0 amide bonds. The quantitative estimate of drug-likeness (QED) is 0.114. The molecule has 23 aromatic rings. The lowest BCUT2D eigenvalue weighted by Gasteiger charge is -2.22. The highest BCUT2D eigenvalue weighted by atomic mass is 32.1. The lowest BCUT2D eigenvalue weighted by molar-refractivity contribution is 0.660. The molecule has 1 aliphatic heterocycles. The van der Waals surface area contributed by atoms with Crippen molar-refractivity contribution < 1.29 is 0 Å². The second kappa shape index (κ2) is 29.6.